The molecule has 0 saturated heterocycles. The van der Waals surface area contributed by atoms with Gasteiger partial charge in [0.1, 0.15) is 0 Å². The van der Waals surface area contributed by atoms with Crippen molar-refractivity contribution in [3.05, 3.63) is 326 Å². The molecule has 0 aliphatic heterocycles. The monoisotopic (exact) mass is 1050 g/mol. The van der Waals surface area contributed by atoms with E-state index in [0.717, 1.165) is 90.5 Å². The highest BCUT2D eigenvalue weighted by molar-refractivity contribution is 6.10. The predicted molar refractivity (Wildman–Crippen MR) is 350 cm³/mol. The minimum absolute atomic E-state index is 1.10. The second kappa shape index (κ2) is 22.4. The predicted octanol–water partition coefficient (Wildman–Crippen LogP) is 22.4. The van der Waals surface area contributed by atoms with Crippen LogP contribution in [0, 0.1) is 27.7 Å². The fraction of sp³-hybridized carbons (Fsp3) is 0.0513. The molecule has 82 heavy (non-hydrogen) atoms. The van der Waals surface area contributed by atoms with E-state index in [1.54, 1.807) is 0 Å². The summed E-state index contributed by atoms with van der Waals surface area (Å²) >= 11 is 0. The summed E-state index contributed by atoms with van der Waals surface area (Å²) in [4.78, 5) is 9.37. The Morgan fingerprint density at radius 2 is 0.390 bits per heavy atom. The van der Waals surface area contributed by atoms with E-state index in [0.29, 0.717) is 0 Å². The number of hydrogen-bond donors (Lipinski definition) is 0. The van der Waals surface area contributed by atoms with Crippen molar-refractivity contribution in [2.24, 2.45) is 0 Å². The highest BCUT2D eigenvalue weighted by Gasteiger charge is 2.19. The molecule has 0 aliphatic rings. The van der Waals surface area contributed by atoms with Gasteiger partial charge in [0.2, 0.25) is 0 Å². The van der Waals surface area contributed by atoms with Crippen LogP contribution in [-0.4, -0.2) is 0 Å². The summed E-state index contributed by atoms with van der Waals surface area (Å²) in [6, 6.07) is 110. The molecular weight excluding hydrogens is 993 g/mol. The third-order valence-corrected chi connectivity index (χ3v) is 16.0. The van der Waals surface area contributed by atoms with Crippen LogP contribution in [-0.2, 0) is 0 Å². The molecule has 4 heteroatoms. The minimum atomic E-state index is 1.10. The molecule has 0 heterocycles. The normalized spacial score (nSPS) is 11.2. The van der Waals surface area contributed by atoms with Gasteiger partial charge in [0, 0.05) is 68.2 Å². The van der Waals surface area contributed by atoms with Crippen LogP contribution in [0.2, 0.25) is 0 Å². The highest BCUT2D eigenvalue weighted by atomic mass is 15.2. The van der Waals surface area contributed by atoms with Gasteiger partial charge in [-0.15, -0.1) is 0 Å². The maximum Gasteiger partial charge on any atom is 0.0468 e. The number of benzene rings is 13. The summed E-state index contributed by atoms with van der Waals surface area (Å²) < 4.78 is 0. The van der Waals surface area contributed by atoms with E-state index in [-0.39, 0.29) is 0 Å². The second-order valence-corrected chi connectivity index (χ2v) is 21.3. The number of hydrogen-bond acceptors (Lipinski definition) is 4. The lowest BCUT2D eigenvalue weighted by Crippen LogP contribution is -2.10. The second-order valence-electron chi connectivity index (χ2n) is 21.3. The molecule has 0 bridgehead atoms. The fourth-order valence-electron chi connectivity index (χ4n) is 11.4. The van der Waals surface area contributed by atoms with Gasteiger partial charge in [-0.05, 0) is 239 Å². The summed E-state index contributed by atoms with van der Waals surface area (Å²) in [6.07, 6.45) is 0. The molecule has 0 N–H and O–H groups in total. The molecule has 0 aliphatic carbocycles. The molecule has 0 spiro atoms. The summed E-state index contributed by atoms with van der Waals surface area (Å²) in [7, 11) is 0. The maximum absolute atomic E-state index is 2.39. The van der Waals surface area contributed by atoms with Crippen molar-refractivity contribution >= 4 is 89.8 Å². The number of para-hydroxylation sites is 4. The first-order valence-electron chi connectivity index (χ1n) is 28.2. The fourth-order valence-corrected chi connectivity index (χ4v) is 11.4. The summed E-state index contributed by atoms with van der Waals surface area (Å²) in [5.41, 5.74) is 23.1. The third kappa shape index (κ3) is 10.3. The Bertz CT molecular complexity index is 3970. The average Bonchev–Trinajstić information content (AvgIpc) is 3.54. The average molecular weight is 1060 g/mol. The van der Waals surface area contributed by atoms with Crippen molar-refractivity contribution in [1.82, 2.24) is 0 Å². The molecule has 4 nitrogen and oxygen atoms in total. The lowest BCUT2D eigenvalue weighted by atomic mass is 9.99. The number of nitrogens with zero attached hydrogens (tertiary/aromatic N) is 4. The van der Waals surface area contributed by atoms with Crippen LogP contribution in [0.1, 0.15) is 22.3 Å². The van der Waals surface area contributed by atoms with Crippen LogP contribution in [0.3, 0.4) is 0 Å². The maximum atomic E-state index is 2.39. The molecule has 13 rings (SSSR count). The van der Waals surface area contributed by atoms with Crippen LogP contribution in [0.4, 0.5) is 68.2 Å². The SMILES string of the molecule is Cc1ccc(N(c2ccc(-c3ccc(N(c4ccccc4)c4ccccc4)cc3)cc2)c2ccc3c(ccc4cc(N(c5ccc(-c6ccc(N(c7ccccc7)c7ccccc7)cc6)cc5)c5ccc(C)c(C)c5)ccc43)c2)cc1C. The van der Waals surface area contributed by atoms with Crippen molar-refractivity contribution in [2.45, 2.75) is 27.7 Å². The smallest absolute Gasteiger partial charge is 0.0468 e. The van der Waals surface area contributed by atoms with E-state index in [4.69, 9.17) is 0 Å². The number of anilines is 12. The Morgan fingerprint density at radius 1 is 0.171 bits per heavy atom. The molecule has 0 amide bonds. The molecule has 0 saturated carbocycles. The van der Waals surface area contributed by atoms with Crippen LogP contribution in [0.5, 0.6) is 0 Å². The summed E-state index contributed by atoms with van der Waals surface area (Å²) in [5.74, 6) is 0. The molecule has 13 aromatic rings. The summed E-state index contributed by atoms with van der Waals surface area (Å²) in [6.45, 7) is 8.76. The van der Waals surface area contributed by atoms with Gasteiger partial charge < -0.3 is 19.6 Å². The van der Waals surface area contributed by atoms with Crippen LogP contribution >= 0.6 is 0 Å². The third-order valence-electron chi connectivity index (χ3n) is 16.0. The topological polar surface area (TPSA) is 13.0 Å². The molecule has 13 aromatic carbocycles. The standard InChI is InChI=1S/C78H62N4/c1-55-25-37-73(51-57(55)3)81(71-43-33-61(34-44-71)59-29-39-69(40-30-59)79(65-17-9-5-10-18-65)66-19-11-6-12-20-66)75-47-49-77-63(53-75)27-28-64-54-76(48-50-78(64)77)82(74-38-26-56(2)58(4)52-74)72-45-35-62(36-46-72)60-31-41-70(42-32-60)80(67-21-13-7-14-22-67)68-23-15-8-16-24-68/h5-54H,1-4H3. The van der Waals surface area contributed by atoms with E-state index >= 15 is 0 Å². The quantitative estimate of drug-likeness (QED) is 0.101. The van der Waals surface area contributed by atoms with Crippen LogP contribution in [0.15, 0.2) is 303 Å². The van der Waals surface area contributed by atoms with Gasteiger partial charge in [0.25, 0.3) is 0 Å². The molecule has 0 atom stereocenters. The van der Waals surface area contributed by atoms with Crippen molar-refractivity contribution in [1.29, 1.82) is 0 Å². The van der Waals surface area contributed by atoms with Crippen molar-refractivity contribution in [3.8, 4) is 22.3 Å². The van der Waals surface area contributed by atoms with E-state index in [2.05, 4.69) is 351 Å². The first kappa shape index (κ1) is 51.0. The van der Waals surface area contributed by atoms with E-state index < -0.39 is 0 Å². The van der Waals surface area contributed by atoms with Gasteiger partial charge in [0.05, 0.1) is 0 Å². The van der Waals surface area contributed by atoms with Gasteiger partial charge in [-0.3, -0.25) is 0 Å². The Hall–Kier alpha value is -10.4. The minimum Gasteiger partial charge on any atom is -0.311 e. The zero-order valence-corrected chi connectivity index (χ0v) is 46.7. The molecule has 394 valence electrons. The molecular formula is C78H62N4. The molecule has 0 unspecified atom stereocenters. The first-order chi connectivity index (χ1) is 40.3. The molecule has 0 radical (unpaired) electrons. The van der Waals surface area contributed by atoms with Crippen molar-refractivity contribution < 1.29 is 0 Å². The van der Waals surface area contributed by atoms with E-state index in [9.17, 15) is 0 Å². The molecule has 0 fully saturated rings. The number of fused-ring (bicyclic) bond motifs is 3. The van der Waals surface area contributed by atoms with Crippen LogP contribution < -0.4 is 19.6 Å². The Kier molecular flexibility index (Phi) is 13.9. The van der Waals surface area contributed by atoms with Crippen LogP contribution in [0.25, 0.3) is 43.8 Å². The summed E-state index contributed by atoms with van der Waals surface area (Å²) in [5, 5.41) is 4.80. The van der Waals surface area contributed by atoms with E-state index in [1.165, 1.54) is 43.8 Å². The van der Waals surface area contributed by atoms with Crippen molar-refractivity contribution in [3.63, 3.8) is 0 Å². The number of rotatable bonds is 14. The Morgan fingerprint density at radius 3 is 0.659 bits per heavy atom. The Labute approximate surface area is 482 Å². The first-order valence-corrected chi connectivity index (χ1v) is 28.2. The van der Waals surface area contributed by atoms with Gasteiger partial charge >= 0.3 is 0 Å². The van der Waals surface area contributed by atoms with Gasteiger partial charge in [0.15, 0.2) is 0 Å². The van der Waals surface area contributed by atoms with Crippen molar-refractivity contribution in [2.75, 3.05) is 19.6 Å². The Balaban J connectivity index is 0.801. The lowest BCUT2D eigenvalue weighted by molar-refractivity contribution is 1.25. The van der Waals surface area contributed by atoms with Gasteiger partial charge in [-0.2, -0.15) is 0 Å². The largest absolute Gasteiger partial charge is 0.311 e. The highest BCUT2D eigenvalue weighted by Crippen LogP contribution is 2.43. The van der Waals surface area contributed by atoms with Gasteiger partial charge in [-0.1, -0.05) is 158 Å². The van der Waals surface area contributed by atoms with Gasteiger partial charge in [-0.25, -0.2) is 0 Å². The zero-order chi connectivity index (χ0) is 55.5. The zero-order valence-electron chi connectivity index (χ0n) is 46.7. The number of aryl methyl sites for hydroxylation is 4. The molecule has 0 aromatic heterocycles. The lowest BCUT2D eigenvalue weighted by Gasteiger charge is -2.27. The van der Waals surface area contributed by atoms with E-state index in [1.807, 2.05) is 0 Å².